The Hall–Kier alpha value is -7.52. The van der Waals surface area contributed by atoms with Crippen molar-refractivity contribution in [3.63, 3.8) is 0 Å². The van der Waals surface area contributed by atoms with Crippen LogP contribution in [0.3, 0.4) is 0 Å². The molecule has 2 heteroatoms. The first-order valence-electron chi connectivity index (χ1n) is 20.5. The largest absolute Gasteiger partial charge is 0.310 e. The van der Waals surface area contributed by atoms with Gasteiger partial charge in [0.2, 0.25) is 0 Å². The fourth-order valence-electron chi connectivity index (χ4n) is 8.66. The van der Waals surface area contributed by atoms with E-state index < -0.39 is 0 Å². The lowest BCUT2D eigenvalue weighted by atomic mass is 9.96. The van der Waals surface area contributed by atoms with Crippen LogP contribution in [-0.2, 0) is 0 Å². The van der Waals surface area contributed by atoms with Crippen LogP contribution < -0.4 is 4.90 Å². The Morgan fingerprint density at radius 3 is 1.53 bits per heavy atom. The third-order valence-electron chi connectivity index (χ3n) is 11.7. The molecule has 0 aliphatic heterocycles. The van der Waals surface area contributed by atoms with Crippen LogP contribution in [0.2, 0.25) is 0 Å². The normalized spacial score (nSPS) is 11.3. The lowest BCUT2D eigenvalue weighted by Crippen LogP contribution is -2.11. The third-order valence-corrected chi connectivity index (χ3v) is 12.8. The summed E-state index contributed by atoms with van der Waals surface area (Å²) in [6.07, 6.45) is 0. The van der Waals surface area contributed by atoms with Gasteiger partial charge in [0.15, 0.2) is 0 Å². The summed E-state index contributed by atoms with van der Waals surface area (Å²) in [5.41, 5.74) is 15.3. The minimum atomic E-state index is 1.10. The highest BCUT2D eigenvalue weighted by molar-refractivity contribution is 7.25. The SMILES string of the molecule is c1ccc(-c2ccc(-c3ccc(N(c4cccc(-c5ccc(-c6ccc7ccccc7c6)cc5)c4)c4ccccc4-c4cccc5sc6ccccc6c45)cc3)cc2)cc1. The zero-order valence-corrected chi connectivity index (χ0v) is 33.7. The molecule has 0 atom stereocenters. The second kappa shape index (κ2) is 15.3. The Balaban J connectivity index is 1.01. The van der Waals surface area contributed by atoms with Crippen LogP contribution in [0, 0.1) is 0 Å². The van der Waals surface area contributed by atoms with Crippen LogP contribution in [-0.4, -0.2) is 0 Å². The van der Waals surface area contributed by atoms with Crippen molar-refractivity contribution in [3.8, 4) is 55.6 Å². The van der Waals surface area contributed by atoms with Crippen molar-refractivity contribution in [2.75, 3.05) is 4.90 Å². The molecule has 0 amide bonds. The molecule has 0 N–H and O–H groups in total. The van der Waals surface area contributed by atoms with Crippen molar-refractivity contribution < 1.29 is 0 Å². The van der Waals surface area contributed by atoms with Crippen molar-refractivity contribution in [2.45, 2.75) is 0 Å². The molecule has 0 saturated heterocycles. The van der Waals surface area contributed by atoms with Crippen molar-refractivity contribution in [3.05, 3.63) is 237 Å². The molecule has 11 rings (SSSR count). The van der Waals surface area contributed by atoms with E-state index in [4.69, 9.17) is 0 Å². The third kappa shape index (κ3) is 6.63. The Morgan fingerprint density at radius 1 is 0.283 bits per heavy atom. The van der Waals surface area contributed by atoms with E-state index in [1.807, 2.05) is 11.3 Å². The standard InChI is InChI=1S/C58H39NS/c1-2-12-40(13-3-1)42-24-26-43(27-25-42)44-34-36-50(37-35-44)59(55-21-8-6-18-52(55)53-20-11-23-57-58(53)54-19-7-9-22-56(54)60-57)51-17-10-16-48(39-51)45-28-30-46(31-29-45)49-33-32-41-14-4-5-15-47(41)38-49/h1-39H. The number of para-hydroxylation sites is 1. The highest BCUT2D eigenvalue weighted by Gasteiger charge is 2.20. The van der Waals surface area contributed by atoms with Crippen molar-refractivity contribution in [1.29, 1.82) is 0 Å². The zero-order valence-electron chi connectivity index (χ0n) is 32.9. The molecular weight excluding hydrogens is 743 g/mol. The highest BCUT2D eigenvalue weighted by Crippen LogP contribution is 2.46. The minimum absolute atomic E-state index is 1.10. The number of thiophene rings is 1. The summed E-state index contributed by atoms with van der Waals surface area (Å²) in [4.78, 5) is 2.43. The molecule has 0 unspecified atom stereocenters. The number of benzene rings is 10. The molecule has 11 aromatic rings. The Labute approximate surface area is 354 Å². The van der Waals surface area contributed by atoms with Gasteiger partial charge in [0.1, 0.15) is 0 Å². The summed E-state index contributed by atoms with van der Waals surface area (Å²) in [5, 5.41) is 5.11. The number of rotatable bonds is 8. The molecule has 1 aromatic heterocycles. The monoisotopic (exact) mass is 781 g/mol. The minimum Gasteiger partial charge on any atom is -0.310 e. The maximum absolute atomic E-state index is 2.43. The van der Waals surface area contributed by atoms with Gasteiger partial charge < -0.3 is 4.90 Å². The van der Waals surface area contributed by atoms with E-state index in [0.717, 1.165) is 17.1 Å². The van der Waals surface area contributed by atoms with E-state index in [1.54, 1.807) is 0 Å². The number of fused-ring (bicyclic) bond motifs is 4. The van der Waals surface area contributed by atoms with Crippen LogP contribution in [0.4, 0.5) is 17.1 Å². The Kier molecular flexibility index (Phi) is 9.11. The van der Waals surface area contributed by atoms with E-state index in [9.17, 15) is 0 Å². The van der Waals surface area contributed by atoms with Crippen LogP contribution in [0.1, 0.15) is 0 Å². The molecule has 10 aromatic carbocycles. The fourth-order valence-corrected chi connectivity index (χ4v) is 9.79. The van der Waals surface area contributed by atoms with Gasteiger partial charge in [0.05, 0.1) is 5.69 Å². The average Bonchev–Trinajstić information content (AvgIpc) is 3.72. The molecule has 0 spiro atoms. The predicted molar refractivity (Wildman–Crippen MR) is 259 cm³/mol. The number of nitrogens with zero attached hydrogens (tertiary/aromatic N) is 1. The van der Waals surface area contributed by atoms with Crippen LogP contribution >= 0.6 is 11.3 Å². The molecule has 282 valence electrons. The van der Waals surface area contributed by atoms with E-state index >= 15 is 0 Å². The fraction of sp³-hybridized carbons (Fsp3) is 0. The van der Waals surface area contributed by atoms with Gasteiger partial charge >= 0.3 is 0 Å². The smallest absolute Gasteiger partial charge is 0.0540 e. The summed E-state index contributed by atoms with van der Waals surface area (Å²) in [6.45, 7) is 0. The summed E-state index contributed by atoms with van der Waals surface area (Å²) in [5.74, 6) is 0. The average molecular weight is 782 g/mol. The molecule has 0 saturated carbocycles. The molecule has 1 heterocycles. The maximum Gasteiger partial charge on any atom is 0.0540 e. The van der Waals surface area contributed by atoms with E-state index in [1.165, 1.54) is 86.6 Å². The van der Waals surface area contributed by atoms with Crippen molar-refractivity contribution in [2.24, 2.45) is 0 Å². The van der Waals surface area contributed by atoms with Crippen molar-refractivity contribution in [1.82, 2.24) is 0 Å². The topological polar surface area (TPSA) is 3.24 Å². The summed E-state index contributed by atoms with van der Waals surface area (Å²) >= 11 is 1.86. The van der Waals surface area contributed by atoms with Crippen LogP contribution in [0.15, 0.2) is 237 Å². The van der Waals surface area contributed by atoms with Gasteiger partial charge in [-0.3, -0.25) is 0 Å². The van der Waals surface area contributed by atoms with Gasteiger partial charge in [-0.15, -0.1) is 11.3 Å². The van der Waals surface area contributed by atoms with Crippen molar-refractivity contribution >= 4 is 59.3 Å². The van der Waals surface area contributed by atoms with Gasteiger partial charge in [-0.1, -0.05) is 188 Å². The molecule has 0 aliphatic rings. The molecular formula is C58H39NS. The summed E-state index contributed by atoms with van der Waals surface area (Å²) < 4.78 is 2.60. The molecule has 0 radical (unpaired) electrons. The number of anilines is 3. The lowest BCUT2D eigenvalue weighted by Gasteiger charge is -2.28. The summed E-state index contributed by atoms with van der Waals surface area (Å²) in [7, 11) is 0. The first kappa shape index (κ1) is 35.6. The number of hydrogen-bond donors (Lipinski definition) is 0. The molecule has 1 nitrogen and oxygen atoms in total. The first-order chi connectivity index (χ1) is 29.7. The van der Waals surface area contributed by atoms with E-state index in [2.05, 4.69) is 241 Å². The second-order valence-electron chi connectivity index (χ2n) is 15.3. The Bertz CT molecular complexity index is 3290. The van der Waals surface area contributed by atoms with Crippen LogP contribution in [0.5, 0.6) is 0 Å². The molecule has 0 aliphatic carbocycles. The predicted octanol–water partition coefficient (Wildman–Crippen LogP) is 17.0. The van der Waals surface area contributed by atoms with Gasteiger partial charge in [0, 0.05) is 37.1 Å². The number of hydrogen-bond acceptors (Lipinski definition) is 2. The first-order valence-corrected chi connectivity index (χ1v) is 21.3. The van der Waals surface area contributed by atoms with E-state index in [-0.39, 0.29) is 0 Å². The zero-order chi connectivity index (χ0) is 39.8. The second-order valence-corrected chi connectivity index (χ2v) is 16.4. The lowest BCUT2D eigenvalue weighted by molar-refractivity contribution is 1.28. The molecule has 0 bridgehead atoms. The maximum atomic E-state index is 2.43. The highest BCUT2D eigenvalue weighted by atomic mass is 32.1. The van der Waals surface area contributed by atoms with Crippen LogP contribution in [0.25, 0.3) is 86.6 Å². The Morgan fingerprint density at radius 2 is 0.783 bits per heavy atom. The molecule has 0 fully saturated rings. The van der Waals surface area contributed by atoms with Gasteiger partial charge in [-0.25, -0.2) is 0 Å². The van der Waals surface area contributed by atoms with Gasteiger partial charge in [-0.05, 0) is 109 Å². The summed E-state index contributed by atoms with van der Waals surface area (Å²) in [6, 6.07) is 86.1. The van der Waals surface area contributed by atoms with Gasteiger partial charge in [0.25, 0.3) is 0 Å². The van der Waals surface area contributed by atoms with Gasteiger partial charge in [-0.2, -0.15) is 0 Å². The quantitative estimate of drug-likeness (QED) is 0.148. The molecule has 60 heavy (non-hydrogen) atoms. The van der Waals surface area contributed by atoms with E-state index in [0.29, 0.717) is 0 Å².